The van der Waals surface area contributed by atoms with Gasteiger partial charge in [0, 0.05) is 6.54 Å². The van der Waals surface area contributed by atoms with E-state index in [1.54, 1.807) is 6.92 Å². The van der Waals surface area contributed by atoms with Gasteiger partial charge in [-0.1, -0.05) is 6.92 Å². The van der Waals surface area contributed by atoms with Gasteiger partial charge in [0.25, 0.3) is 5.91 Å². The van der Waals surface area contributed by atoms with Crippen molar-refractivity contribution in [2.75, 3.05) is 6.54 Å². The molecule has 1 unspecified atom stereocenters. The molecule has 2 N–H and O–H groups in total. The van der Waals surface area contributed by atoms with Crippen LogP contribution in [-0.4, -0.2) is 29.6 Å². The van der Waals surface area contributed by atoms with Crippen LogP contribution in [0.4, 0.5) is 0 Å². The summed E-state index contributed by atoms with van der Waals surface area (Å²) in [5.74, 6) is -0.700. The molecule has 1 atom stereocenters. The van der Waals surface area contributed by atoms with Crippen molar-refractivity contribution in [2.45, 2.75) is 26.4 Å². The number of rotatable bonds is 6. The number of hydrogen-bond acceptors (Lipinski definition) is 3. The summed E-state index contributed by atoms with van der Waals surface area (Å²) in [6.07, 6.45) is 0.262. The standard InChI is InChI=1S/C13H17NO4/c1-3-8-14-12(15)9(2)18-11-6-4-10(5-7-11)13(16)17/h4-7,9H,3,8H2,1-2H3,(H,14,15)(H,16,17). The van der Waals surface area contributed by atoms with Crippen molar-refractivity contribution >= 4 is 11.9 Å². The maximum atomic E-state index is 11.6. The van der Waals surface area contributed by atoms with E-state index >= 15 is 0 Å². The lowest BCUT2D eigenvalue weighted by atomic mass is 10.2. The molecule has 0 aliphatic heterocycles. The van der Waals surface area contributed by atoms with Gasteiger partial charge in [0.15, 0.2) is 6.10 Å². The molecule has 0 heterocycles. The van der Waals surface area contributed by atoms with Gasteiger partial charge >= 0.3 is 5.97 Å². The molecule has 0 radical (unpaired) electrons. The number of carboxylic acid groups (broad SMARTS) is 1. The Kier molecular flexibility index (Phi) is 5.17. The molecule has 1 aromatic rings. The first-order valence-electron chi connectivity index (χ1n) is 5.82. The number of benzene rings is 1. The number of aromatic carboxylic acids is 1. The van der Waals surface area contributed by atoms with E-state index in [2.05, 4.69) is 5.32 Å². The first-order valence-corrected chi connectivity index (χ1v) is 5.82. The Labute approximate surface area is 106 Å². The smallest absolute Gasteiger partial charge is 0.335 e. The molecular formula is C13H17NO4. The molecule has 1 rings (SSSR count). The van der Waals surface area contributed by atoms with Crippen molar-refractivity contribution in [3.63, 3.8) is 0 Å². The van der Waals surface area contributed by atoms with Gasteiger partial charge in [0.05, 0.1) is 5.56 Å². The molecule has 0 fully saturated rings. The van der Waals surface area contributed by atoms with Crippen LogP contribution in [0.5, 0.6) is 5.75 Å². The summed E-state index contributed by atoms with van der Waals surface area (Å²) in [7, 11) is 0. The average Bonchev–Trinajstić information content (AvgIpc) is 2.36. The van der Waals surface area contributed by atoms with Gasteiger partial charge in [-0.3, -0.25) is 4.79 Å². The van der Waals surface area contributed by atoms with E-state index < -0.39 is 12.1 Å². The van der Waals surface area contributed by atoms with E-state index in [-0.39, 0.29) is 11.5 Å². The van der Waals surface area contributed by atoms with Gasteiger partial charge in [-0.25, -0.2) is 4.79 Å². The van der Waals surface area contributed by atoms with Crippen LogP contribution < -0.4 is 10.1 Å². The van der Waals surface area contributed by atoms with Gasteiger partial charge in [0.1, 0.15) is 5.75 Å². The fourth-order valence-electron chi connectivity index (χ4n) is 1.33. The van der Waals surface area contributed by atoms with Crippen molar-refractivity contribution in [1.82, 2.24) is 5.32 Å². The molecular weight excluding hydrogens is 234 g/mol. The fraction of sp³-hybridized carbons (Fsp3) is 0.385. The molecule has 0 aliphatic carbocycles. The topological polar surface area (TPSA) is 75.6 Å². The Morgan fingerprint density at radius 3 is 2.44 bits per heavy atom. The van der Waals surface area contributed by atoms with Crippen LogP contribution in [0.25, 0.3) is 0 Å². The lowest BCUT2D eigenvalue weighted by Crippen LogP contribution is -2.36. The summed E-state index contributed by atoms with van der Waals surface area (Å²) in [4.78, 5) is 22.2. The number of carbonyl (C=O) groups is 2. The first-order chi connectivity index (χ1) is 8.54. The molecule has 98 valence electrons. The van der Waals surface area contributed by atoms with Crippen LogP contribution in [0.3, 0.4) is 0 Å². The van der Waals surface area contributed by atoms with E-state index in [1.807, 2.05) is 6.92 Å². The van der Waals surface area contributed by atoms with Gasteiger partial charge < -0.3 is 15.2 Å². The monoisotopic (exact) mass is 251 g/mol. The van der Waals surface area contributed by atoms with Crippen LogP contribution in [0.1, 0.15) is 30.6 Å². The third kappa shape index (κ3) is 4.08. The van der Waals surface area contributed by atoms with E-state index in [0.717, 1.165) is 6.42 Å². The summed E-state index contributed by atoms with van der Waals surface area (Å²) in [5, 5.41) is 11.5. The Balaban J connectivity index is 2.56. The molecule has 5 nitrogen and oxygen atoms in total. The second kappa shape index (κ2) is 6.64. The Hall–Kier alpha value is -2.04. The van der Waals surface area contributed by atoms with Gasteiger partial charge in [-0.15, -0.1) is 0 Å². The number of carbonyl (C=O) groups excluding carboxylic acids is 1. The van der Waals surface area contributed by atoms with Crippen LogP contribution in [0, 0.1) is 0 Å². The summed E-state index contributed by atoms with van der Waals surface area (Å²) >= 11 is 0. The van der Waals surface area contributed by atoms with Crippen LogP contribution in [0.15, 0.2) is 24.3 Å². The number of carboxylic acids is 1. The quantitative estimate of drug-likeness (QED) is 0.806. The molecule has 0 saturated heterocycles. The predicted molar refractivity (Wildman–Crippen MR) is 66.8 cm³/mol. The van der Waals surface area contributed by atoms with Gasteiger partial charge in [-0.2, -0.15) is 0 Å². The van der Waals surface area contributed by atoms with E-state index in [0.29, 0.717) is 12.3 Å². The Bertz CT molecular complexity index is 414. The number of hydrogen-bond donors (Lipinski definition) is 2. The van der Waals surface area contributed by atoms with Crippen molar-refractivity contribution in [2.24, 2.45) is 0 Å². The van der Waals surface area contributed by atoms with Crippen LogP contribution in [-0.2, 0) is 4.79 Å². The molecule has 0 spiro atoms. The van der Waals surface area contributed by atoms with E-state index in [9.17, 15) is 9.59 Å². The largest absolute Gasteiger partial charge is 0.481 e. The summed E-state index contributed by atoms with van der Waals surface area (Å²) in [6.45, 7) is 4.23. The number of ether oxygens (including phenoxy) is 1. The van der Waals surface area contributed by atoms with Gasteiger partial charge in [0.2, 0.25) is 0 Å². The molecule has 0 aliphatic rings. The number of amides is 1. The van der Waals surface area contributed by atoms with Crippen LogP contribution >= 0.6 is 0 Å². The highest BCUT2D eigenvalue weighted by Crippen LogP contribution is 2.13. The zero-order chi connectivity index (χ0) is 13.5. The SMILES string of the molecule is CCCNC(=O)C(C)Oc1ccc(C(=O)O)cc1. The summed E-state index contributed by atoms with van der Waals surface area (Å²) in [5.41, 5.74) is 0.186. The third-order valence-corrected chi connectivity index (χ3v) is 2.33. The minimum atomic E-state index is -0.990. The Morgan fingerprint density at radius 1 is 1.33 bits per heavy atom. The van der Waals surface area contributed by atoms with Crippen molar-refractivity contribution in [1.29, 1.82) is 0 Å². The zero-order valence-electron chi connectivity index (χ0n) is 10.5. The average molecular weight is 251 g/mol. The third-order valence-electron chi connectivity index (χ3n) is 2.33. The zero-order valence-corrected chi connectivity index (χ0v) is 10.5. The highest BCUT2D eigenvalue weighted by molar-refractivity contribution is 5.87. The lowest BCUT2D eigenvalue weighted by Gasteiger charge is -2.14. The van der Waals surface area contributed by atoms with Crippen molar-refractivity contribution in [3.8, 4) is 5.75 Å². The molecule has 18 heavy (non-hydrogen) atoms. The molecule has 0 bridgehead atoms. The minimum Gasteiger partial charge on any atom is -0.481 e. The highest BCUT2D eigenvalue weighted by Gasteiger charge is 2.13. The lowest BCUT2D eigenvalue weighted by molar-refractivity contribution is -0.127. The molecule has 5 heteroatoms. The maximum absolute atomic E-state index is 11.6. The second-order valence-electron chi connectivity index (χ2n) is 3.88. The van der Waals surface area contributed by atoms with Crippen molar-refractivity contribution < 1.29 is 19.4 Å². The summed E-state index contributed by atoms with van der Waals surface area (Å²) < 4.78 is 5.40. The first kappa shape index (κ1) is 14.0. The predicted octanol–water partition coefficient (Wildman–Crippen LogP) is 1.68. The van der Waals surface area contributed by atoms with E-state index in [1.165, 1.54) is 24.3 Å². The molecule has 1 amide bonds. The maximum Gasteiger partial charge on any atom is 0.335 e. The highest BCUT2D eigenvalue weighted by atomic mass is 16.5. The fourth-order valence-corrected chi connectivity index (χ4v) is 1.33. The number of nitrogens with one attached hydrogen (secondary N) is 1. The molecule has 0 saturated carbocycles. The molecule has 0 aromatic heterocycles. The Morgan fingerprint density at radius 2 is 1.94 bits per heavy atom. The second-order valence-corrected chi connectivity index (χ2v) is 3.88. The molecule has 1 aromatic carbocycles. The van der Waals surface area contributed by atoms with Gasteiger partial charge in [-0.05, 0) is 37.6 Å². The van der Waals surface area contributed by atoms with Crippen molar-refractivity contribution in [3.05, 3.63) is 29.8 Å². The normalized spacial score (nSPS) is 11.7. The summed E-state index contributed by atoms with van der Waals surface area (Å²) in [6, 6.07) is 5.95. The van der Waals surface area contributed by atoms with E-state index in [4.69, 9.17) is 9.84 Å². The van der Waals surface area contributed by atoms with Crippen LogP contribution in [0.2, 0.25) is 0 Å². The minimum absolute atomic E-state index is 0.181.